The van der Waals surface area contributed by atoms with Gasteiger partial charge in [0.1, 0.15) is 6.67 Å². The minimum atomic E-state index is -4.57. The maximum Gasteiger partial charge on any atom is 0.416 e. The molecule has 0 unspecified atom stereocenters. The van der Waals surface area contributed by atoms with Crippen molar-refractivity contribution < 1.29 is 18.0 Å². The van der Waals surface area contributed by atoms with Gasteiger partial charge in [-0.25, -0.2) is 0 Å². The van der Waals surface area contributed by atoms with Crippen molar-refractivity contribution in [2.45, 2.75) is 19.1 Å². The highest BCUT2D eigenvalue weighted by Gasteiger charge is 2.37. The van der Waals surface area contributed by atoms with E-state index in [-0.39, 0.29) is 17.8 Å². The van der Waals surface area contributed by atoms with Gasteiger partial charge in [-0.15, -0.1) is 0 Å². The molecule has 0 radical (unpaired) electrons. The second-order valence-corrected chi connectivity index (χ2v) is 7.77. The number of carbonyl (C=O) groups is 1. The second-order valence-electron chi connectivity index (χ2n) is 7.77. The SMILES string of the molecule is O=C1c2cc(C(F)(F)F)ccc2N2CN1c1ccc(=O)[nH]c1CCNCc1ccccc12. The molecule has 6 nitrogen and oxygen atoms in total. The molecule has 2 bridgehead atoms. The molecule has 0 saturated carbocycles. The van der Waals surface area contributed by atoms with Crippen LogP contribution in [-0.4, -0.2) is 24.1 Å². The zero-order chi connectivity index (χ0) is 22.5. The van der Waals surface area contributed by atoms with Crippen molar-refractivity contribution in [3.63, 3.8) is 0 Å². The van der Waals surface area contributed by atoms with Gasteiger partial charge in [-0.05, 0) is 35.9 Å². The first-order chi connectivity index (χ1) is 15.3. The second kappa shape index (κ2) is 7.52. The molecule has 1 aromatic heterocycles. The molecule has 5 rings (SSSR count). The molecule has 2 aliphatic heterocycles. The van der Waals surface area contributed by atoms with Crippen molar-refractivity contribution in [2.24, 2.45) is 0 Å². The van der Waals surface area contributed by atoms with Crippen LogP contribution in [0.5, 0.6) is 0 Å². The highest BCUT2D eigenvalue weighted by Crippen LogP contribution is 2.40. The average Bonchev–Trinajstić information content (AvgIpc) is 2.79. The van der Waals surface area contributed by atoms with Crippen LogP contribution in [0, 0.1) is 0 Å². The summed E-state index contributed by atoms with van der Waals surface area (Å²) in [6.07, 6.45) is -4.12. The third kappa shape index (κ3) is 3.44. The minimum absolute atomic E-state index is 0.0368. The number of H-pyrrole nitrogens is 1. The molecule has 2 aliphatic rings. The molecule has 0 saturated heterocycles. The highest BCUT2D eigenvalue weighted by molar-refractivity contribution is 6.13. The Morgan fingerprint density at radius 1 is 0.875 bits per heavy atom. The number of nitrogens with one attached hydrogen (secondary N) is 2. The molecule has 2 N–H and O–H groups in total. The number of hydrogen-bond donors (Lipinski definition) is 2. The number of pyridine rings is 1. The molecule has 3 aromatic rings. The van der Waals surface area contributed by atoms with E-state index in [4.69, 9.17) is 0 Å². The first kappa shape index (κ1) is 20.3. The Morgan fingerprint density at radius 2 is 1.66 bits per heavy atom. The molecule has 3 heterocycles. The number of aromatic amines is 1. The van der Waals surface area contributed by atoms with Crippen molar-refractivity contribution in [2.75, 3.05) is 23.0 Å². The molecule has 32 heavy (non-hydrogen) atoms. The number of nitrogens with zero attached hydrogens (tertiary/aromatic N) is 2. The van der Waals surface area contributed by atoms with E-state index in [1.807, 2.05) is 29.2 Å². The third-order valence-corrected chi connectivity index (χ3v) is 5.79. The molecule has 0 aliphatic carbocycles. The number of halogens is 3. The zero-order valence-corrected chi connectivity index (χ0v) is 16.9. The van der Waals surface area contributed by atoms with E-state index in [1.54, 1.807) is 6.07 Å². The Balaban J connectivity index is 1.76. The van der Waals surface area contributed by atoms with Gasteiger partial charge in [-0.3, -0.25) is 14.5 Å². The lowest BCUT2D eigenvalue weighted by atomic mass is 10.0. The normalized spacial score (nSPS) is 16.0. The van der Waals surface area contributed by atoms with Gasteiger partial charge in [0.15, 0.2) is 0 Å². The maximum absolute atomic E-state index is 13.4. The van der Waals surface area contributed by atoms with Crippen LogP contribution in [0.2, 0.25) is 0 Å². The summed E-state index contributed by atoms with van der Waals surface area (Å²) in [5.41, 5.74) is 1.97. The molecule has 0 atom stereocenters. The highest BCUT2D eigenvalue weighted by atomic mass is 19.4. The molecular formula is C23H19F3N4O2. The number of rotatable bonds is 0. The topological polar surface area (TPSA) is 68.4 Å². The van der Waals surface area contributed by atoms with Crippen molar-refractivity contribution in [3.8, 4) is 0 Å². The number of benzene rings is 2. The Labute approximate surface area is 181 Å². The summed E-state index contributed by atoms with van der Waals surface area (Å²) in [5.74, 6) is -0.541. The smallest absolute Gasteiger partial charge is 0.324 e. The van der Waals surface area contributed by atoms with Gasteiger partial charge in [0, 0.05) is 37.0 Å². The summed E-state index contributed by atoms with van der Waals surface area (Å²) in [4.78, 5) is 31.4. The van der Waals surface area contributed by atoms with Gasteiger partial charge in [0.05, 0.1) is 22.5 Å². The van der Waals surface area contributed by atoms with Crippen LogP contribution in [0.25, 0.3) is 0 Å². The molecule has 2 aromatic carbocycles. The maximum atomic E-state index is 13.4. The summed E-state index contributed by atoms with van der Waals surface area (Å²) in [7, 11) is 0. The van der Waals surface area contributed by atoms with Crippen LogP contribution in [-0.2, 0) is 19.1 Å². The first-order valence-electron chi connectivity index (χ1n) is 10.1. The number of hydrogen-bond acceptors (Lipinski definition) is 4. The molecule has 0 spiro atoms. The molecule has 0 fully saturated rings. The Bertz CT molecular complexity index is 1270. The van der Waals surface area contributed by atoms with Gasteiger partial charge in [0.2, 0.25) is 5.56 Å². The van der Waals surface area contributed by atoms with E-state index >= 15 is 0 Å². The summed E-state index contributed by atoms with van der Waals surface area (Å²) in [6.45, 7) is 1.19. The van der Waals surface area contributed by atoms with Crippen molar-refractivity contribution >= 4 is 23.0 Å². The van der Waals surface area contributed by atoms with Gasteiger partial charge < -0.3 is 15.2 Å². The number of aromatic nitrogens is 1. The lowest BCUT2D eigenvalue weighted by Gasteiger charge is -2.39. The van der Waals surface area contributed by atoms with E-state index in [0.717, 1.165) is 23.4 Å². The van der Waals surface area contributed by atoms with Crippen LogP contribution in [0.3, 0.4) is 0 Å². The van der Waals surface area contributed by atoms with Gasteiger partial charge in [-0.2, -0.15) is 13.2 Å². The van der Waals surface area contributed by atoms with E-state index in [1.165, 1.54) is 17.0 Å². The van der Waals surface area contributed by atoms with Crippen LogP contribution in [0.4, 0.5) is 30.2 Å². The van der Waals surface area contributed by atoms with E-state index in [9.17, 15) is 22.8 Å². The van der Waals surface area contributed by atoms with Crippen LogP contribution in [0.1, 0.15) is 27.2 Å². The summed E-state index contributed by atoms with van der Waals surface area (Å²) in [5, 5.41) is 3.34. The fourth-order valence-corrected chi connectivity index (χ4v) is 4.25. The van der Waals surface area contributed by atoms with Gasteiger partial charge in [-0.1, -0.05) is 18.2 Å². The zero-order valence-electron chi connectivity index (χ0n) is 16.9. The fourth-order valence-electron chi connectivity index (χ4n) is 4.25. The number of para-hydroxylation sites is 1. The number of carbonyl (C=O) groups excluding carboxylic acids is 1. The number of fused-ring (bicyclic) bond motifs is 8. The standard InChI is InChI=1S/C23H19F3N4O2/c24-23(25,26)15-5-6-19-16(11-15)22(32)30-13-29(19)18-4-2-1-3-14(18)12-27-10-9-17-20(30)7-8-21(31)28-17/h1-8,11,27H,9-10,12-13H2,(H,28,31). The van der Waals surface area contributed by atoms with Crippen LogP contribution in [0.15, 0.2) is 59.4 Å². The van der Waals surface area contributed by atoms with Crippen molar-refractivity contribution in [1.29, 1.82) is 0 Å². The summed E-state index contributed by atoms with van der Waals surface area (Å²) in [6, 6.07) is 13.7. The van der Waals surface area contributed by atoms with Crippen LogP contribution >= 0.6 is 0 Å². The first-order valence-corrected chi connectivity index (χ1v) is 10.1. The quantitative estimate of drug-likeness (QED) is 0.558. The van der Waals surface area contributed by atoms with E-state index in [2.05, 4.69) is 10.3 Å². The summed E-state index contributed by atoms with van der Waals surface area (Å²) >= 11 is 0. The number of amides is 1. The van der Waals surface area contributed by atoms with Crippen molar-refractivity contribution in [1.82, 2.24) is 10.3 Å². The molecule has 9 heteroatoms. The number of alkyl halides is 3. The summed E-state index contributed by atoms with van der Waals surface area (Å²) < 4.78 is 40.3. The molecule has 164 valence electrons. The Kier molecular flexibility index (Phi) is 4.78. The predicted octanol–water partition coefficient (Wildman–Crippen LogP) is 3.80. The predicted molar refractivity (Wildman–Crippen MR) is 114 cm³/mol. The van der Waals surface area contributed by atoms with Crippen LogP contribution < -0.4 is 20.7 Å². The van der Waals surface area contributed by atoms with E-state index in [0.29, 0.717) is 36.6 Å². The van der Waals surface area contributed by atoms with Crippen molar-refractivity contribution in [3.05, 3.63) is 87.3 Å². The Morgan fingerprint density at radius 3 is 2.47 bits per heavy atom. The lowest BCUT2D eigenvalue weighted by Crippen LogP contribution is -2.46. The van der Waals surface area contributed by atoms with Gasteiger partial charge >= 0.3 is 6.18 Å². The molecule has 1 amide bonds. The number of anilines is 3. The minimum Gasteiger partial charge on any atom is -0.324 e. The van der Waals surface area contributed by atoms with E-state index < -0.39 is 17.6 Å². The fraction of sp³-hybridized carbons (Fsp3) is 0.217. The third-order valence-electron chi connectivity index (χ3n) is 5.79. The monoisotopic (exact) mass is 440 g/mol. The average molecular weight is 440 g/mol. The molecular weight excluding hydrogens is 421 g/mol. The Hall–Kier alpha value is -3.59. The van der Waals surface area contributed by atoms with Gasteiger partial charge in [0.25, 0.3) is 5.91 Å². The lowest BCUT2D eigenvalue weighted by molar-refractivity contribution is -0.137. The largest absolute Gasteiger partial charge is 0.416 e.